The predicted octanol–water partition coefficient (Wildman–Crippen LogP) is 3.08. The van der Waals surface area contributed by atoms with Gasteiger partial charge in [0.2, 0.25) is 11.1 Å². The molecule has 0 saturated heterocycles. The third-order valence-electron chi connectivity index (χ3n) is 3.68. The van der Waals surface area contributed by atoms with Crippen LogP contribution in [-0.4, -0.2) is 36.3 Å². The number of hydrogen-bond donors (Lipinski definition) is 1. The molecule has 0 bridgehead atoms. The van der Waals surface area contributed by atoms with Crippen molar-refractivity contribution in [2.75, 3.05) is 5.32 Å². The van der Waals surface area contributed by atoms with Gasteiger partial charge in [-0.05, 0) is 35.0 Å². The number of nitrogens with one attached hydrogen (secondary N) is 1. The summed E-state index contributed by atoms with van der Waals surface area (Å²) in [6.45, 7) is 1.88. The van der Waals surface area contributed by atoms with Gasteiger partial charge in [-0.1, -0.05) is 43.0 Å². The van der Waals surface area contributed by atoms with E-state index in [0.29, 0.717) is 17.3 Å². The van der Waals surface area contributed by atoms with Crippen LogP contribution in [0.3, 0.4) is 0 Å². The molecule has 9 nitrogen and oxygen atoms in total. The van der Waals surface area contributed by atoms with E-state index in [1.165, 1.54) is 30.0 Å². The zero-order chi connectivity index (χ0) is 19.2. The number of amides is 1. The van der Waals surface area contributed by atoms with Gasteiger partial charge in [-0.25, -0.2) is 0 Å². The number of nitro groups is 1. The Bertz CT molecular complexity index is 947. The molecule has 1 atom stereocenters. The highest BCUT2D eigenvalue weighted by molar-refractivity contribution is 8.00. The van der Waals surface area contributed by atoms with E-state index >= 15 is 0 Å². The summed E-state index contributed by atoms with van der Waals surface area (Å²) in [5, 5.41) is 25.3. The van der Waals surface area contributed by atoms with Crippen LogP contribution >= 0.6 is 11.8 Å². The molecular formula is C17H16N6O3S. The van der Waals surface area contributed by atoms with Crippen LogP contribution in [0, 0.1) is 10.1 Å². The Balaban J connectivity index is 1.75. The standard InChI is InChI=1S/C17H16N6O3S/c1-2-15(16(24)18-12-7-6-10-14(11-12)23(25)26)27-17-19-20-21-22(17)13-8-4-3-5-9-13/h3-11,15H,2H2,1H3,(H,18,24). The van der Waals surface area contributed by atoms with Crippen LogP contribution in [0.15, 0.2) is 59.8 Å². The van der Waals surface area contributed by atoms with E-state index in [1.54, 1.807) is 10.7 Å². The van der Waals surface area contributed by atoms with E-state index < -0.39 is 10.2 Å². The zero-order valence-electron chi connectivity index (χ0n) is 14.3. The maximum atomic E-state index is 12.6. The number of nitrogens with zero attached hydrogens (tertiary/aromatic N) is 5. The van der Waals surface area contributed by atoms with Gasteiger partial charge >= 0.3 is 0 Å². The SMILES string of the molecule is CCC(Sc1nnnn1-c1ccccc1)C(=O)Nc1cccc([N+](=O)[O-])c1. The van der Waals surface area contributed by atoms with E-state index in [-0.39, 0.29) is 11.6 Å². The van der Waals surface area contributed by atoms with Crippen molar-refractivity contribution < 1.29 is 9.72 Å². The fraction of sp³-hybridized carbons (Fsp3) is 0.176. The Hall–Kier alpha value is -3.27. The van der Waals surface area contributed by atoms with Gasteiger partial charge in [0.05, 0.1) is 15.9 Å². The quantitative estimate of drug-likeness (QED) is 0.378. The molecule has 1 heterocycles. The molecule has 1 aromatic heterocycles. The number of carbonyl (C=O) groups is 1. The molecule has 2 aromatic carbocycles. The van der Waals surface area contributed by atoms with Crippen LogP contribution in [0.25, 0.3) is 5.69 Å². The highest BCUT2D eigenvalue weighted by atomic mass is 32.2. The lowest BCUT2D eigenvalue weighted by Gasteiger charge is -2.14. The molecule has 0 spiro atoms. The first-order valence-electron chi connectivity index (χ1n) is 8.14. The fourth-order valence-electron chi connectivity index (χ4n) is 2.35. The third kappa shape index (κ3) is 4.47. The Morgan fingerprint density at radius 1 is 1.26 bits per heavy atom. The van der Waals surface area contributed by atoms with Crippen LogP contribution in [-0.2, 0) is 4.79 Å². The number of nitro benzene ring substituents is 1. The second-order valence-corrected chi connectivity index (χ2v) is 6.69. The molecule has 10 heteroatoms. The van der Waals surface area contributed by atoms with Gasteiger partial charge in [0.25, 0.3) is 5.69 Å². The lowest BCUT2D eigenvalue weighted by atomic mass is 10.2. The van der Waals surface area contributed by atoms with E-state index in [9.17, 15) is 14.9 Å². The van der Waals surface area contributed by atoms with Crippen LogP contribution in [0.1, 0.15) is 13.3 Å². The van der Waals surface area contributed by atoms with Gasteiger partial charge in [0.1, 0.15) is 0 Å². The Morgan fingerprint density at radius 2 is 2.04 bits per heavy atom. The number of non-ortho nitro benzene ring substituents is 1. The van der Waals surface area contributed by atoms with Crippen LogP contribution in [0.2, 0.25) is 0 Å². The van der Waals surface area contributed by atoms with Gasteiger partial charge in [0, 0.05) is 17.8 Å². The smallest absolute Gasteiger partial charge is 0.271 e. The van der Waals surface area contributed by atoms with Crippen molar-refractivity contribution in [1.82, 2.24) is 20.2 Å². The monoisotopic (exact) mass is 384 g/mol. The zero-order valence-corrected chi connectivity index (χ0v) is 15.2. The van der Waals surface area contributed by atoms with Crippen LogP contribution < -0.4 is 5.32 Å². The molecule has 3 aromatic rings. The molecule has 0 fully saturated rings. The molecule has 27 heavy (non-hydrogen) atoms. The summed E-state index contributed by atoms with van der Waals surface area (Å²) in [4.78, 5) is 23.0. The molecule has 1 unspecified atom stereocenters. The Morgan fingerprint density at radius 3 is 2.74 bits per heavy atom. The van der Waals surface area contributed by atoms with Crippen LogP contribution in [0.5, 0.6) is 0 Å². The Kier molecular flexibility index (Phi) is 5.77. The first-order chi connectivity index (χ1) is 13.1. The molecule has 0 aliphatic rings. The molecule has 0 saturated carbocycles. The van der Waals surface area contributed by atoms with Crippen LogP contribution in [0.4, 0.5) is 11.4 Å². The van der Waals surface area contributed by atoms with Crippen molar-refractivity contribution in [3.63, 3.8) is 0 Å². The summed E-state index contributed by atoms with van der Waals surface area (Å²) in [6, 6.07) is 15.2. The van der Waals surface area contributed by atoms with Gasteiger partial charge in [-0.15, -0.1) is 5.10 Å². The van der Waals surface area contributed by atoms with Crippen molar-refractivity contribution in [2.24, 2.45) is 0 Å². The molecule has 0 radical (unpaired) electrons. The minimum atomic E-state index is -0.504. The van der Waals surface area contributed by atoms with Crippen molar-refractivity contribution in [2.45, 2.75) is 23.8 Å². The highest BCUT2D eigenvalue weighted by Crippen LogP contribution is 2.26. The average Bonchev–Trinajstić information content (AvgIpc) is 3.15. The van der Waals surface area contributed by atoms with E-state index in [0.717, 1.165) is 5.69 Å². The molecule has 3 rings (SSSR count). The van der Waals surface area contributed by atoms with E-state index in [2.05, 4.69) is 20.8 Å². The number of para-hydroxylation sites is 1. The summed E-state index contributed by atoms with van der Waals surface area (Å²) in [6.07, 6.45) is 0.535. The Labute approximate surface area is 158 Å². The predicted molar refractivity (Wildman–Crippen MR) is 101 cm³/mol. The molecule has 0 aliphatic carbocycles. The second-order valence-electron chi connectivity index (χ2n) is 5.52. The molecule has 1 amide bonds. The summed E-state index contributed by atoms with van der Waals surface area (Å²) in [7, 11) is 0. The van der Waals surface area contributed by atoms with Crippen molar-refractivity contribution in [3.05, 3.63) is 64.7 Å². The normalized spacial score (nSPS) is 11.7. The summed E-state index contributed by atoms with van der Waals surface area (Å²) in [5.74, 6) is -0.273. The number of tetrazole rings is 1. The van der Waals surface area contributed by atoms with Crippen molar-refractivity contribution in [3.8, 4) is 5.69 Å². The highest BCUT2D eigenvalue weighted by Gasteiger charge is 2.22. The molecular weight excluding hydrogens is 368 g/mol. The molecule has 138 valence electrons. The number of anilines is 1. The first kappa shape index (κ1) is 18.5. The number of benzene rings is 2. The third-order valence-corrected chi connectivity index (χ3v) is 4.97. The summed E-state index contributed by atoms with van der Waals surface area (Å²) < 4.78 is 1.56. The van der Waals surface area contributed by atoms with E-state index in [4.69, 9.17) is 0 Å². The van der Waals surface area contributed by atoms with Gasteiger partial charge in [0.15, 0.2) is 0 Å². The topological polar surface area (TPSA) is 116 Å². The van der Waals surface area contributed by atoms with Gasteiger partial charge < -0.3 is 5.32 Å². The number of rotatable bonds is 7. The minimum Gasteiger partial charge on any atom is -0.325 e. The van der Waals surface area contributed by atoms with Gasteiger partial charge in [-0.3, -0.25) is 14.9 Å². The number of thioether (sulfide) groups is 1. The average molecular weight is 384 g/mol. The molecule has 0 aliphatic heterocycles. The fourth-order valence-corrected chi connectivity index (χ4v) is 3.27. The number of carbonyl (C=O) groups excluding carboxylic acids is 1. The number of aromatic nitrogens is 4. The van der Waals surface area contributed by atoms with Crippen molar-refractivity contribution in [1.29, 1.82) is 0 Å². The van der Waals surface area contributed by atoms with Gasteiger partial charge in [-0.2, -0.15) is 4.68 Å². The minimum absolute atomic E-state index is 0.0819. The maximum absolute atomic E-state index is 12.6. The van der Waals surface area contributed by atoms with E-state index in [1.807, 2.05) is 37.3 Å². The lowest BCUT2D eigenvalue weighted by Crippen LogP contribution is -2.25. The second kappa shape index (κ2) is 8.41. The summed E-state index contributed by atoms with van der Waals surface area (Å²) >= 11 is 1.24. The summed E-state index contributed by atoms with van der Waals surface area (Å²) in [5.41, 5.74) is 1.08. The number of hydrogen-bond acceptors (Lipinski definition) is 7. The lowest BCUT2D eigenvalue weighted by molar-refractivity contribution is -0.384. The molecule has 1 N–H and O–H groups in total. The first-order valence-corrected chi connectivity index (χ1v) is 9.02. The van der Waals surface area contributed by atoms with Crippen molar-refractivity contribution >= 4 is 29.0 Å². The largest absolute Gasteiger partial charge is 0.325 e. The maximum Gasteiger partial charge on any atom is 0.271 e.